The molecule has 1 aromatic carbocycles. The molecule has 0 aromatic heterocycles. The summed E-state index contributed by atoms with van der Waals surface area (Å²) in [5.74, 6) is 0.878. The zero-order valence-corrected chi connectivity index (χ0v) is 14.1. The number of hydrogen-bond donors (Lipinski definition) is 1. The van der Waals surface area contributed by atoms with Crippen LogP contribution in [0.4, 0.5) is 5.69 Å². The minimum atomic E-state index is -0.720. The molecular weight excluding hydrogens is 324 g/mol. The molecule has 0 unspecified atom stereocenters. The second-order valence-corrected chi connectivity index (χ2v) is 7.53. The first-order chi connectivity index (χ1) is 12.0. The van der Waals surface area contributed by atoms with Crippen molar-refractivity contribution in [3.8, 4) is 11.5 Å². The summed E-state index contributed by atoms with van der Waals surface area (Å²) in [6.45, 7) is 0.916. The average Bonchev–Trinajstić information content (AvgIpc) is 2.94. The lowest BCUT2D eigenvalue weighted by Gasteiger charge is -2.56. The topological polar surface area (TPSA) is 85.1 Å². The molecule has 25 heavy (non-hydrogen) atoms. The van der Waals surface area contributed by atoms with E-state index in [9.17, 15) is 15.2 Å². The fourth-order valence-electron chi connectivity index (χ4n) is 5.62. The first-order valence-corrected chi connectivity index (χ1v) is 8.61. The van der Waals surface area contributed by atoms with Crippen LogP contribution in [0.1, 0.15) is 17.5 Å². The first kappa shape index (κ1) is 15.2. The van der Waals surface area contributed by atoms with E-state index < -0.39 is 17.1 Å². The van der Waals surface area contributed by atoms with E-state index in [0.717, 1.165) is 30.5 Å². The maximum absolute atomic E-state index is 11.5. The van der Waals surface area contributed by atoms with Gasteiger partial charge in [-0.25, -0.2) is 0 Å². The quantitative estimate of drug-likeness (QED) is 0.496. The predicted molar refractivity (Wildman–Crippen MR) is 89.1 cm³/mol. The maximum atomic E-state index is 11.5. The van der Waals surface area contributed by atoms with Crippen LogP contribution in [0.5, 0.6) is 11.5 Å². The van der Waals surface area contributed by atoms with Gasteiger partial charge in [0.15, 0.2) is 5.75 Å². The summed E-state index contributed by atoms with van der Waals surface area (Å²) in [6.07, 6.45) is 4.41. The molecule has 0 radical (unpaired) electrons. The van der Waals surface area contributed by atoms with Crippen molar-refractivity contribution >= 4 is 5.69 Å². The zero-order valence-electron chi connectivity index (χ0n) is 14.1. The Bertz CT molecular complexity index is 822. The van der Waals surface area contributed by atoms with Crippen LogP contribution < -0.4 is 9.47 Å². The van der Waals surface area contributed by atoms with Gasteiger partial charge in [-0.05, 0) is 32.0 Å². The highest BCUT2D eigenvalue weighted by atomic mass is 16.6. The van der Waals surface area contributed by atoms with Crippen molar-refractivity contribution in [1.29, 1.82) is 0 Å². The Hall–Kier alpha value is -2.12. The smallest absolute Gasteiger partial charge is 0.315 e. The van der Waals surface area contributed by atoms with E-state index in [1.807, 2.05) is 6.08 Å². The fraction of sp³-hybridized carbons (Fsp3) is 0.556. The molecule has 5 rings (SSSR count). The molecule has 1 spiro atoms. The van der Waals surface area contributed by atoms with Crippen LogP contribution in [0.2, 0.25) is 0 Å². The highest BCUT2D eigenvalue weighted by Gasteiger charge is 2.64. The Morgan fingerprint density at radius 3 is 3.00 bits per heavy atom. The third-order valence-electron chi connectivity index (χ3n) is 6.63. The molecule has 7 nitrogen and oxygen atoms in total. The van der Waals surface area contributed by atoms with Gasteiger partial charge in [0.2, 0.25) is 5.75 Å². The van der Waals surface area contributed by atoms with E-state index in [-0.39, 0.29) is 28.8 Å². The van der Waals surface area contributed by atoms with Crippen LogP contribution in [-0.4, -0.2) is 53.9 Å². The Balaban J connectivity index is 1.84. The Kier molecular flexibility index (Phi) is 2.87. The molecule has 2 bridgehead atoms. The van der Waals surface area contributed by atoms with Crippen LogP contribution in [0.15, 0.2) is 18.2 Å². The summed E-state index contributed by atoms with van der Waals surface area (Å²) in [6, 6.07) is 1.91. The lowest BCUT2D eigenvalue weighted by molar-refractivity contribution is -0.385. The number of methoxy groups -OCH3 is 1. The Labute approximate surface area is 145 Å². The minimum Gasteiger partial charge on any atom is -0.488 e. The number of aliphatic hydroxyl groups excluding tert-OH is 1. The Morgan fingerprint density at radius 2 is 2.28 bits per heavy atom. The average molecular weight is 344 g/mol. The summed E-state index contributed by atoms with van der Waals surface area (Å²) in [5, 5.41) is 22.1. The molecule has 1 fully saturated rings. The number of benzene rings is 1. The van der Waals surface area contributed by atoms with Crippen molar-refractivity contribution in [3.05, 3.63) is 39.5 Å². The van der Waals surface area contributed by atoms with Gasteiger partial charge in [0.25, 0.3) is 0 Å². The van der Waals surface area contributed by atoms with Gasteiger partial charge in [-0.2, -0.15) is 0 Å². The number of likely N-dealkylation sites (tertiary alicyclic amines) is 1. The van der Waals surface area contributed by atoms with E-state index in [1.165, 1.54) is 7.11 Å². The molecule has 0 amide bonds. The molecule has 0 saturated carbocycles. The molecule has 1 N–H and O–H groups in total. The summed E-state index contributed by atoms with van der Waals surface area (Å²) < 4.78 is 11.6. The predicted octanol–water partition coefficient (Wildman–Crippen LogP) is 1.41. The van der Waals surface area contributed by atoms with Crippen LogP contribution in [-0.2, 0) is 11.8 Å². The molecule has 2 aliphatic heterocycles. The van der Waals surface area contributed by atoms with Crippen molar-refractivity contribution in [2.24, 2.45) is 5.92 Å². The number of nitro benzene ring substituents is 1. The van der Waals surface area contributed by atoms with E-state index in [2.05, 4.69) is 18.0 Å². The second kappa shape index (κ2) is 4.74. The summed E-state index contributed by atoms with van der Waals surface area (Å²) >= 11 is 0. The standard InChI is InChI=1S/C18H20N2O5/c1-19-6-5-18-10-3-4-13(21)17(18)25-16-14(18)9(7-11(10)19)8-12(20(22)23)15(16)24-2/h3-4,8,10-11,13,17,21H,5-7H2,1-2H3/t10-,11+,13-,17-,18-/m0/s1. The first-order valence-electron chi connectivity index (χ1n) is 8.61. The number of nitro groups is 1. The molecule has 2 heterocycles. The largest absolute Gasteiger partial charge is 0.488 e. The zero-order chi connectivity index (χ0) is 17.5. The molecule has 2 aliphatic carbocycles. The van der Waals surface area contributed by atoms with Crippen LogP contribution in [0, 0.1) is 16.0 Å². The van der Waals surface area contributed by atoms with Crippen molar-refractivity contribution in [1.82, 2.24) is 4.90 Å². The lowest BCUT2D eigenvalue weighted by atomic mass is 9.53. The SMILES string of the molecule is COc1c([N+](=O)[O-])cc2c3c1O[C@H]1[C@@H](O)C=C[C@H]4[C@@H](C2)N(C)CC[C@@]341. The maximum Gasteiger partial charge on any atom is 0.315 e. The van der Waals surface area contributed by atoms with Gasteiger partial charge in [0.05, 0.1) is 12.0 Å². The summed E-state index contributed by atoms with van der Waals surface area (Å²) in [5.41, 5.74) is 1.60. The molecule has 4 aliphatic rings. The minimum absolute atomic E-state index is 0.0621. The number of rotatable bonds is 2. The molecule has 1 aromatic rings. The normalized spacial score (nSPS) is 37.4. The second-order valence-electron chi connectivity index (χ2n) is 7.53. The van der Waals surface area contributed by atoms with Gasteiger partial charge < -0.3 is 19.5 Å². The van der Waals surface area contributed by atoms with Crippen molar-refractivity contribution in [2.45, 2.75) is 36.5 Å². The van der Waals surface area contributed by atoms with Crippen molar-refractivity contribution in [3.63, 3.8) is 0 Å². The van der Waals surface area contributed by atoms with E-state index in [1.54, 1.807) is 6.07 Å². The number of hydrogen-bond acceptors (Lipinski definition) is 6. The van der Waals surface area contributed by atoms with Crippen LogP contribution in [0.25, 0.3) is 0 Å². The third-order valence-corrected chi connectivity index (χ3v) is 6.63. The fourth-order valence-corrected chi connectivity index (χ4v) is 5.62. The van der Waals surface area contributed by atoms with Gasteiger partial charge in [0.1, 0.15) is 12.2 Å². The molecular formula is C18H20N2O5. The van der Waals surface area contributed by atoms with E-state index >= 15 is 0 Å². The van der Waals surface area contributed by atoms with Gasteiger partial charge in [-0.3, -0.25) is 10.1 Å². The van der Waals surface area contributed by atoms with Crippen LogP contribution >= 0.6 is 0 Å². The van der Waals surface area contributed by atoms with Crippen molar-refractivity contribution in [2.75, 3.05) is 20.7 Å². The van der Waals surface area contributed by atoms with Gasteiger partial charge in [-0.15, -0.1) is 0 Å². The third kappa shape index (κ3) is 1.63. The monoisotopic (exact) mass is 344 g/mol. The summed E-state index contributed by atoms with van der Waals surface area (Å²) in [7, 11) is 3.53. The number of aliphatic hydroxyl groups is 1. The van der Waals surface area contributed by atoms with Gasteiger partial charge in [-0.1, -0.05) is 12.2 Å². The van der Waals surface area contributed by atoms with E-state index in [4.69, 9.17) is 9.47 Å². The van der Waals surface area contributed by atoms with Crippen LogP contribution in [0.3, 0.4) is 0 Å². The molecule has 132 valence electrons. The van der Waals surface area contributed by atoms with Crippen molar-refractivity contribution < 1.29 is 19.5 Å². The molecule has 1 saturated heterocycles. The Morgan fingerprint density at radius 1 is 1.48 bits per heavy atom. The molecule has 5 atom stereocenters. The lowest BCUT2D eigenvalue weighted by Crippen LogP contribution is -2.64. The highest BCUT2D eigenvalue weighted by Crippen LogP contribution is 2.63. The molecule has 7 heteroatoms. The number of likely N-dealkylation sites (N-methyl/N-ethyl adjacent to an activating group) is 1. The number of piperidine rings is 1. The van der Waals surface area contributed by atoms with E-state index in [0.29, 0.717) is 5.75 Å². The number of nitrogens with zero attached hydrogens (tertiary/aromatic N) is 2. The highest BCUT2D eigenvalue weighted by molar-refractivity contribution is 5.69. The summed E-state index contributed by atoms with van der Waals surface area (Å²) in [4.78, 5) is 13.5. The van der Waals surface area contributed by atoms with Gasteiger partial charge in [0, 0.05) is 29.0 Å². The van der Waals surface area contributed by atoms with Gasteiger partial charge >= 0.3 is 5.69 Å². The number of ether oxygens (including phenoxy) is 2.